The third-order valence-electron chi connectivity index (χ3n) is 3.76. The van der Waals surface area contributed by atoms with Crippen molar-refractivity contribution in [3.63, 3.8) is 0 Å². The minimum Gasteiger partial charge on any atom is -0.423 e. The molecule has 0 aliphatic carbocycles. The molecule has 0 unspecified atom stereocenters. The molecule has 0 radical (unpaired) electrons. The van der Waals surface area contributed by atoms with Gasteiger partial charge in [-0.2, -0.15) is 5.10 Å². The van der Waals surface area contributed by atoms with Crippen LogP contribution < -0.4 is 15.5 Å². The minimum absolute atomic E-state index is 0.385. The number of esters is 1. The quantitative estimate of drug-likeness (QED) is 0.221. The third-order valence-corrected chi connectivity index (χ3v) is 3.95. The Morgan fingerprint density at radius 2 is 1.75 bits per heavy atom. The second kappa shape index (κ2) is 9.43. The van der Waals surface area contributed by atoms with Crippen LogP contribution in [0.25, 0.3) is 0 Å². The van der Waals surface area contributed by atoms with Gasteiger partial charge in [-0.1, -0.05) is 35.9 Å². The van der Waals surface area contributed by atoms with Gasteiger partial charge in [-0.25, -0.2) is 4.79 Å². The maximum atomic E-state index is 12.2. The maximum absolute atomic E-state index is 12.2. The van der Waals surface area contributed by atoms with Crippen LogP contribution in [0.5, 0.6) is 5.75 Å². The van der Waals surface area contributed by atoms with Crippen LogP contribution in [-0.4, -0.2) is 17.3 Å². The second-order valence-electron chi connectivity index (χ2n) is 6.02. The Balaban J connectivity index is 1.52. The van der Waals surface area contributed by atoms with E-state index in [1.165, 1.54) is 0 Å². The highest BCUT2D eigenvalue weighted by atomic mass is 32.1. The molecule has 0 aromatic heterocycles. The van der Waals surface area contributed by atoms with Crippen LogP contribution in [0.4, 0.5) is 5.69 Å². The van der Waals surface area contributed by atoms with Gasteiger partial charge < -0.3 is 10.1 Å². The van der Waals surface area contributed by atoms with E-state index in [1.54, 1.807) is 42.6 Å². The number of hydrogen-bond donors (Lipinski definition) is 2. The molecule has 0 atom stereocenters. The number of ether oxygens (including phenoxy) is 1. The summed E-state index contributed by atoms with van der Waals surface area (Å²) in [6, 6.07) is 23.9. The predicted octanol–water partition coefficient (Wildman–Crippen LogP) is 4.53. The number of aryl methyl sites for hydroxylation is 1. The predicted molar refractivity (Wildman–Crippen MR) is 116 cm³/mol. The monoisotopic (exact) mass is 389 g/mol. The summed E-state index contributed by atoms with van der Waals surface area (Å²) in [5, 5.41) is 7.52. The Bertz CT molecular complexity index is 986. The highest BCUT2D eigenvalue weighted by Crippen LogP contribution is 2.14. The van der Waals surface area contributed by atoms with Crippen LogP contribution in [0.2, 0.25) is 0 Å². The minimum atomic E-state index is -0.385. The van der Waals surface area contributed by atoms with Gasteiger partial charge in [0.25, 0.3) is 0 Å². The summed E-state index contributed by atoms with van der Waals surface area (Å²) in [7, 11) is 0. The van der Waals surface area contributed by atoms with E-state index in [2.05, 4.69) is 15.8 Å². The first-order chi connectivity index (χ1) is 13.6. The van der Waals surface area contributed by atoms with Gasteiger partial charge in [-0.05, 0) is 73.2 Å². The van der Waals surface area contributed by atoms with Crippen molar-refractivity contribution in [1.29, 1.82) is 0 Å². The van der Waals surface area contributed by atoms with Gasteiger partial charge in [0.05, 0.1) is 11.8 Å². The fraction of sp³-hybridized carbons (Fsp3) is 0.0455. The Morgan fingerprint density at radius 3 is 2.46 bits per heavy atom. The van der Waals surface area contributed by atoms with Crippen LogP contribution in [-0.2, 0) is 0 Å². The number of hydrogen-bond acceptors (Lipinski definition) is 4. The summed E-state index contributed by atoms with van der Waals surface area (Å²) < 4.78 is 5.39. The van der Waals surface area contributed by atoms with E-state index in [0.717, 1.165) is 16.8 Å². The summed E-state index contributed by atoms with van der Waals surface area (Å²) in [6.45, 7) is 1.93. The molecule has 0 fully saturated rings. The number of rotatable bonds is 5. The van der Waals surface area contributed by atoms with Gasteiger partial charge in [0.2, 0.25) is 0 Å². The summed E-state index contributed by atoms with van der Waals surface area (Å²) in [5.74, 6) is 0.0852. The highest BCUT2D eigenvalue weighted by Gasteiger charge is 2.08. The van der Waals surface area contributed by atoms with Gasteiger partial charge in [-0.15, -0.1) is 0 Å². The Kier molecular flexibility index (Phi) is 6.49. The van der Waals surface area contributed by atoms with Crippen LogP contribution >= 0.6 is 12.2 Å². The number of nitrogens with one attached hydrogen (secondary N) is 2. The topological polar surface area (TPSA) is 62.7 Å². The smallest absolute Gasteiger partial charge is 0.343 e. The molecule has 0 spiro atoms. The molecular formula is C22H19N3O2S. The summed E-state index contributed by atoms with van der Waals surface area (Å²) in [4.78, 5) is 12.2. The molecule has 0 aliphatic rings. The lowest BCUT2D eigenvalue weighted by Crippen LogP contribution is -2.23. The summed E-state index contributed by atoms with van der Waals surface area (Å²) in [6.07, 6.45) is 1.63. The van der Waals surface area contributed by atoms with E-state index < -0.39 is 0 Å². The molecule has 28 heavy (non-hydrogen) atoms. The zero-order valence-electron chi connectivity index (χ0n) is 15.3. The van der Waals surface area contributed by atoms with Crippen molar-refractivity contribution >= 4 is 35.2 Å². The molecule has 3 aromatic carbocycles. The van der Waals surface area contributed by atoms with Crippen LogP contribution in [0.3, 0.4) is 0 Å². The van der Waals surface area contributed by atoms with E-state index in [4.69, 9.17) is 17.0 Å². The van der Waals surface area contributed by atoms with Crippen LogP contribution in [0, 0.1) is 6.92 Å². The Labute approximate surface area is 169 Å². The zero-order valence-corrected chi connectivity index (χ0v) is 16.1. The number of hydrazone groups is 1. The molecule has 0 bridgehead atoms. The number of thiocarbonyl (C=S) groups is 1. The van der Waals surface area contributed by atoms with Crippen molar-refractivity contribution in [2.75, 3.05) is 5.32 Å². The van der Waals surface area contributed by atoms with Gasteiger partial charge in [0.1, 0.15) is 5.75 Å². The number of benzene rings is 3. The number of anilines is 1. The highest BCUT2D eigenvalue weighted by molar-refractivity contribution is 7.80. The van der Waals surface area contributed by atoms with Crippen molar-refractivity contribution in [2.24, 2.45) is 5.10 Å². The van der Waals surface area contributed by atoms with E-state index in [0.29, 0.717) is 16.4 Å². The normalized spacial score (nSPS) is 10.5. The lowest BCUT2D eigenvalue weighted by molar-refractivity contribution is 0.0734. The van der Waals surface area contributed by atoms with Crippen LogP contribution in [0.15, 0.2) is 84.0 Å². The summed E-state index contributed by atoms with van der Waals surface area (Å²) >= 11 is 5.18. The van der Waals surface area contributed by atoms with E-state index in [1.807, 2.05) is 49.4 Å². The van der Waals surface area contributed by atoms with Gasteiger partial charge in [0, 0.05) is 5.69 Å². The molecule has 0 saturated heterocycles. The molecule has 0 amide bonds. The van der Waals surface area contributed by atoms with Crippen molar-refractivity contribution in [3.8, 4) is 5.75 Å². The first kappa shape index (κ1) is 19.3. The SMILES string of the molecule is Cc1cccc(C(=O)Oc2ccc(C=NNC(=S)Nc3ccccc3)cc2)c1. The number of nitrogens with zero attached hydrogens (tertiary/aromatic N) is 1. The molecule has 6 heteroatoms. The van der Waals surface area contributed by atoms with E-state index in [9.17, 15) is 4.79 Å². The van der Waals surface area contributed by atoms with Gasteiger partial charge >= 0.3 is 5.97 Å². The van der Waals surface area contributed by atoms with Crippen LogP contribution in [0.1, 0.15) is 21.5 Å². The molecule has 0 saturated carbocycles. The standard InChI is InChI=1S/C22H19N3O2S/c1-16-6-5-7-18(14-16)21(26)27-20-12-10-17(11-13-20)15-23-25-22(28)24-19-8-3-2-4-9-19/h2-15H,1H3,(H2,24,25,28). The largest absolute Gasteiger partial charge is 0.423 e. The van der Waals surface area contributed by atoms with E-state index in [-0.39, 0.29) is 5.97 Å². The average molecular weight is 389 g/mol. The zero-order chi connectivity index (χ0) is 19.8. The lowest BCUT2D eigenvalue weighted by Gasteiger charge is -2.06. The molecule has 140 valence electrons. The average Bonchev–Trinajstić information content (AvgIpc) is 2.70. The number of carbonyl (C=O) groups excluding carboxylic acids is 1. The lowest BCUT2D eigenvalue weighted by atomic mass is 10.1. The molecular weight excluding hydrogens is 370 g/mol. The second-order valence-corrected chi connectivity index (χ2v) is 6.43. The maximum Gasteiger partial charge on any atom is 0.343 e. The fourth-order valence-corrected chi connectivity index (χ4v) is 2.58. The molecule has 3 aromatic rings. The van der Waals surface area contributed by atoms with Gasteiger partial charge in [-0.3, -0.25) is 5.43 Å². The summed E-state index contributed by atoms with van der Waals surface area (Å²) in [5.41, 5.74) is 6.01. The molecule has 0 aliphatic heterocycles. The fourth-order valence-electron chi connectivity index (χ4n) is 2.41. The molecule has 3 rings (SSSR count). The molecule has 5 nitrogen and oxygen atoms in total. The number of para-hydroxylation sites is 1. The van der Waals surface area contributed by atoms with Crippen molar-refractivity contribution < 1.29 is 9.53 Å². The van der Waals surface area contributed by atoms with Crippen molar-refractivity contribution in [3.05, 3.63) is 95.6 Å². The van der Waals surface area contributed by atoms with Crippen molar-refractivity contribution in [1.82, 2.24) is 5.43 Å². The van der Waals surface area contributed by atoms with Gasteiger partial charge in [0.15, 0.2) is 5.11 Å². The Morgan fingerprint density at radius 1 is 1.00 bits per heavy atom. The Hall–Kier alpha value is -3.51. The van der Waals surface area contributed by atoms with E-state index >= 15 is 0 Å². The third kappa shape index (κ3) is 5.75. The molecule has 2 N–H and O–H groups in total. The number of carbonyl (C=O) groups is 1. The first-order valence-electron chi connectivity index (χ1n) is 8.64. The molecule has 0 heterocycles. The van der Waals surface area contributed by atoms with Crippen molar-refractivity contribution in [2.45, 2.75) is 6.92 Å². The first-order valence-corrected chi connectivity index (χ1v) is 9.05.